The predicted octanol–water partition coefficient (Wildman–Crippen LogP) is 9.98. The van der Waals surface area contributed by atoms with Crippen molar-refractivity contribution in [3.63, 3.8) is 0 Å². The molecule has 0 unspecified atom stereocenters. The van der Waals surface area contributed by atoms with Crippen molar-refractivity contribution in [1.29, 1.82) is 0 Å². The van der Waals surface area contributed by atoms with Crippen LogP contribution in [0.2, 0.25) is 18.1 Å². The molecule has 1 aliphatic rings. The Kier molecular flexibility index (Phi) is 16.0. The van der Waals surface area contributed by atoms with Crippen LogP contribution in [0.25, 0.3) is 0 Å². The van der Waals surface area contributed by atoms with Gasteiger partial charge in [0.15, 0.2) is 8.32 Å². The number of ether oxygens (including phenoxy) is 1. The Bertz CT molecular complexity index is 526. The van der Waals surface area contributed by atoms with E-state index >= 15 is 0 Å². The van der Waals surface area contributed by atoms with Crippen molar-refractivity contribution in [2.75, 3.05) is 0 Å². The van der Waals surface area contributed by atoms with E-state index in [0.29, 0.717) is 0 Å². The SMILES string of the molecule is CCCCCCCCCCCCCCCCC[C@@H]1C[C@H](O[Si](C)(C)C(C)(C)C)[C@H](CC)C(=O)O1. The fraction of sp³-hybridized carbons (Fsp3) is 0.967. The molecule has 0 spiro atoms. The summed E-state index contributed by atoms with van der Waals surface area (Å²) in [6.07, 6.45) is 23.5. The van der Waals surface area contributed by atoms with Crippen LogP contribution in [0.3, 0.4) is 0 Å². The lowest BCUT2D eigenvalue weighted by molar-refractivity contribution is -0.169. The Morgan fingerprint density at radius 2 is 1.24 bits per heavy atom. The molecule has 1 heterocycles. The highest BCUT2D eigenvalue weighted by molar-refractivity contribution is 6.74. The lowest BCUT2D eigenvalue weighted by Gasteiger charge is -2.43. The van der Waals surface area contributed by atoms with E-state index in [-0.39, 0.29) is 29.1 Å². The third-order valence-corrected chi connectivity index (χ3v) is 12.9. The maximum atomic E-state index is 12.7. The van der Waals surface area contributed by atoms with Gasteiger partial charge in [-0.25, -0.2) is 0 Å². The Morgan fingerprint density at radius 1 is 0.794 bits per heavy atom. The Morgan fingerprint density at radius 3 is 1.65 bits per heavy atom. The molecule has 0 aromatic rings. The summed E-state index contributed by atoms with van der Waals surface area (Å²) in [6, 6.07) is 0. The van der Waals surface area contributed by atoms with Crippen molar-refractivity contribution in [1.82, 2.24) is 0 Å². The molecule has 0 N–H and O–H groups in total. The van der Waals surface area contributed by atoms with Crippen LogP contribution in [0.5, 0.6) is 0 Å². The van der Waals surface area contributed by atoms with Gasteiger partial charge in [-0.15, -0.1) is 0 Å². The molecule has 1 saturated heterocycles. The third kappa shape index (κ3) is 12.6. The van der Waals surface area contributed by atoms with E-state index in [1.54, 1.807) is 0 Å². The largest absolute Gasteiger partial charge is 0.462 e. The average molecular weight is 497 g/mol. The van der Waals surface area contributed by atoms with Gasteiger partial charge in [-0.05, 0) is 37.4 Å². The van der Waals surface area contributed by atoms with Crippen molar-refractivity contribution in [2.24, 2.45) is 5.92 Å². The second kappa shape index (κ2) is 17.2. The first-order valence-corrected chi connectivity index (χ1v) is 17.9. The standard InChI is InChI=1S/C30H60O3Si/c1-8-10-11-12-13-14-15-16-17-18-19-20-21-22-23-24-26-25-28(27(9-2)29(31)32-26)33-34(6,7)30(3,4)5/h26-28H,8-25H2,1-7H3/t26-,27+,28+/m1/s1. The third-order valence-electron chi connectivity index (χ3n) is 8.35. The maximum absolute atomic E-state index is 12.7. The zero-order valence-corrected chi connectivity index (χ0v) is 25.2. The Hall–Kier alpha value is -0.353. The van der Waals surface area contributed by atoms with Crippen LogP contribution in [-0.4, -0.2) is 26.5 Å². The Balaban J connectivity index is 2.14. The molecule has 0 radical (unpaired) electrons. The molecule has 3 nitrogen and oxygen atoms in total. The summed E-state index contributed by atoms with van der Waals surface area (Å²) in [5.41, 5.74) is 0. The van der Waals surface area contributed by atoms with Gasteiger partial charge in [0.1, 0.15) is 6.10 Å². The fourth-order valence-corrected chi connectivity index (χ4v) is 6.28. The summed E-state index contributed by atoms with van der Waals surface area (Å²) < 4.78 is 12.5. The molecule has 0 aromatic carbocycles. The first-order valence-electron chi connectivity index (χ1n) is 15.0. The predicted molar refractivity (Wildman–Crippen MR) is 150 cm³/mol. The topological polar surface area (TPSA) is 35.5 Å². The second-order valence-electron chi connectivity index (χ2n) is 12.5. The number of unbranched alkanes of at least 4 members (excludes halogenated alkanes) is 14. The first-order chi connectivity index (χ1) is 16.1. The first kappa shape index (κ1) is 31.7. The van der Waals surface area contributed by atoms with Gasteiger partial charge in [0.05, 0.1) is 12.0 Å². The number of esters is 1. The Labute approximate surface area is 214 Å². The molecule has 0 aliphatic carbocycles. The van der Waals surface area contributed by atoms with Gasteiger partial charge < -0.3 is 9.16 Å². The van der Waals surface area contributed by atoms with Crippen molar-refractivity contribution in [3.05, 3.63) is 0 Å². The van der Waals surface area contributed by atoms with Crippen LogP contribution in [-0.2, 0) is 14.0 Å². The average Bonchev–Trinajstić information content (AvgIpc) is 2.75. The lowest BCUT2D eigenvalue weighted by atomic mass is 9.90. The van der Waals surface area contributed by atoms with Gasteiger partial charge in [-0.1, -0.05) is 125 Å². The van der Waals surface area contributed by atoms with Gasteiger partial charge in [0, 0.05) is 6.42 Å². The van der Waals surface area contributed by atoms with Crippen LogP contribution in [0.15, 0.2) is 0 Å². The molecule has 34 heavy (non-hydrogen) atoms. The van der Waals surface area contributed by atoms with Gasteiger partial charge in [0.2, 0.25) is 0 Å². The molecule has 4 heteroatoms. The molecular weight excluding hydrogens is 436 g/mol. The maximum Gasteiger partial charge on any atom is 0.311 e. The minimum Gasteiger partial charge on any atom is -0.462 e. The van der Waals surface area contributed by atoms with Gasteiger partial charge >= 0.3 is 5.97 Å². The van der Waals surface area contributed by atoms with Crippen molar-refractivity contribution in [3.8, 4) is 0 Å². The van der Waals surface area contributed by atoms with Crippen LogP contribution >= 0.6 is 0 Å². The molecule has 202 valence electrons. The molecule has 3 atom stereocenters. The number of hydrogen-bond acceptors (Lipinski definition) is 3. The molecule has 1 aliphatic heterocycles. The molecule has 0 saturated carbocycles. The highest BCUT2D eigenvalue weighted by Gasteiger charge is 2.45. The molecule has 0 aromatic heterocycles. The van der Waals surface area contributed by atoms with Crippen LogP contribution in [0.4, 0.5) is 0 Å². The summed E-state index contributed by atoms with van der Waals surface area (Å²) in [5, 5.41) is 0.163. The van der Waals surface area contributed by atoms with Gasteiger partial charge in [-0.2, -0.15) is 0 Å². The number of carbonyl (C=O) groups excluding carboxylic acids is 1. The van der Waals surface area contributed by atoms with Gasteiger partial charge in [0.25, 0.3) is 0 Å². The zero-order chi connectivity index (χ0) is 25.5. The number of rotatable bonds is 19. The quantitative estimate of drug-likeness (QED) is 0.101. The number of cyclic esters (lactones) is 1. The summed E-state index contributed by atoms with van der Waals surface area (Å²) >= 11 is 0. The monoisotopic (exact) mass is 496 g/mol. The summed E-state index contributed by atoms with van der Waals surface area (Å²) in [7, 11) is -1.89. The molecule has 1 rings (SSSR count). The highest BCUT2D eigenvalue weighted by atomic mass is 28.4. The van der Waals surface area contributed by atoms with E-state index in [9.17, 15) is 4.79 Å². The summed E-state index contributed by atoms with van der Waals surface area (Å²) in [5.74, 6) is -0.116. The summed E-state index contributed by atoms with van der Waals surface area (Å²) in [4.78, 5) is 12.7. The minimum absolute atomic E-state index is 0.0246. The van der Waals surface area contributed by atoms with Crippen molar-refractivity contribution in [2.45, 2.75) is 181 Å². The summed E-state index contributed by atoms with van der Waals surface area (Å²) in [6.45, 7) is 15.8. The minimum atomic E-state index is -1.89. The van der Waals surface area contributed by atoms with Crippen LogP contribution < -0.4 is 0 Å². The normalized spacial score (nSPS) is 21.6. The lowest BCUT2D eigenvalue weighted by Crippen LogP contribution is -2.50. The van der Waals surface area contributed by atoms with E-state index in [4.69, 9.17) is 9.16 Å². The van der Waals surface area contributed by atoms with Crippen molar-refractivity contribution >= 4 is 14.3 Å². The van der Waals surface area contributed by atoms with Crippen molar-refractivity contribution < 1.29 is 14.0 Å². The van der Waals surface area contributed by atoms with Crippen LogP contribution in [0, 0.1) is 5.92 Å². The molecule has 0 bridgehead atoms. The van der Waals surface area contributed by atoms with Gasteiger partial charge in [-0.3, -0.25) is 4.79 Å². The van der Waals surface area contributed by atoms with Crippen LogP contribution in [0.1, 0.15) is 150 Å². The van der Waals surface area contributed by atoms with E-state index in [1.807, 2.05) is 0 Å². The zero-order valence-electron chi connectivity index (χ0n) is 24.2. The highest BCUT2D eigenvalue weighted by Crippen LogP contribution is 2.40. The van der Waals surface area contributed by atoms with E-state index in [2.05, 4.69) is 47.7 Å². The van der Waals surface area contributed by atoms with E-state index in [0.717, 1.165) is 19.3 Å². The van der Waals surface area contributed by atoms with E-state index < -0.39 is 8.32 Å². The second-order valence-corrected chi connectivity index (χ2v) is 17.2. The fourth-order valence-electron chi connectivity index (χ4n) is 4.91. The van der Waals surface area contributed by atoms with E-state index in [1.165, 1.54) is 96.3 Å². The molecule has 0 amide bonds. The number of carbonyl (C=O) groups is 1. The number of hydrogen-bond donors (Lipinski definition) is 0. The molecule has 1 fully saturated rings. The smallest absolute Gasteiger partial charge is 0.311 e. The molecular formula is C30H60O3Si.